The van der Waals surface area contributed by atoms with Crippen LogP contribution >= 0.6 is 0 Å². The molecule has 0 bridgehead atoms. The lowest BCUT2D eigenvalue weighted by molar-refractivity contribution is -0.141. The minimum absolute atomic E-state index is 0.0771. The molecule has 0 radical (unpaired) electrons. The summed E-state index contributed by atoms with van der Waals surface area (Å²) in [6, 6.07) is 10.6. The van der Waals surface area contributed by atoms with Gasteiger partial charge in [-0.1, -0.05) is 30.3 Å². The summed E-state index contributed by atoms with van der Waals surface area (Å²) in [5.41, 5.74) is 1.27. The molecule has 2 aliphatic rings. The first-order valence-electron chi connectivity index (χ1n) is 9.43. The quantitative estimate of drug-likeness (QED) is 0.823. The topological polar surface area (TPSA) is 49.9 Å². The molecule has 5 nitrogen and oxygen atoms in total. The molecule has 0 saturated carbocycles. The third-order valence-electron chi connectivity index (χ3n) is 5.18. The van der Waals surface area contributed by atoms with Crippen LogP contribution in [-0.4, -0.2) is 60.5 Å². The SMILES string of the molecule is O=C(CCC(=O)N1CCCCC1Cc1ccccc1)N1CCOCC1. The normalized spacial score (nSPS) is 21.2. The maximum atomic E-state index is 12.7. The number of hydrogen-bond acceptors (Lipinski definition) is 3. The van der Waals surface area contributed by atoms with Gasteiger partial charge in [0.25, 0.3) is 0 Å². The number of piperidine rings is 1. The lowest BCUT2D eigenvalue weighted by Crippen LogP contribution is -2.45. The molecule has 25 heavy (non-hydrogen) atoms. The van der Waals surface area contributed by atoms with Gasteiger partial charge in [-0.2, -0.15) is 0 Å². The van der Waals surface area contributed by atoms with Crippen LogP contribution in [0.25, 0.3) is 0 Å². The van der Waals surface area contributed by atoms with Crippen LogP contribution in [0.4, 0.5) is 0 Å². The van der Waals surface area contributed by atoms with Gasteiger partial charge in [0.1, 0.15) is 0 Å². The van der Waals surface area contributed by atoms with Crippen molar-refractivity contribution in [1.29, 1.82) is 0 Å². The average Bonchev–Trinajstić information content (AvgIpc) is 2.68. The molecule has 2 fully saturated rings. The lowest BCUT2D eigenvalue weighted by Gasteiger charge is -2.36. The van der Waals surface area contributed by atoms with Crippen molar-refractivity contribution in [2.75, 3.05) is 32.8 Å². The van der Waals surface area contributed by atoms with Gasteiger partial charge < -0.3 is 14.5 Å². The van der Waals surface area contributed by atoms with Gasteiger partial charge in [0, 0.05) is 38.5 Å². The van der Waals surface area contributed by atoms with Crippen LogP contribution in [0.5, 0.6) is 0 Å². The van der Waals surface area contributed by atoms with Crippen molar-refractivity contribution >= 4 is 11.8 Å². The van der Waals surface area contributed by atoms with Crippen LogP contribution in [0.1, 0.15) is 37.7 Å². The zero-order valence-electron chi connectivity index (χ0n) is 14.9. The second-order valence-corrected chi connectivity index (χ2v) is 6.92. The van der Waals surface area contributed by atoms with Crippen LogP contribution in [0.15, 0.2) is 30.3 Å². The molecular weight excluding hydrogens is 316 g/mol. The third kappa shape index (κ3) is 5.05. The Hall–Kier alpha value is -1.88. The number of ether oxygens (including phenoxy) is 1. The molecule has 1 unspecified atom stereocenters. The van der Waals surface area contributed by atoms with E-state index in [9.17, 15) is 9.59 Å². The Labute approximate surface area is 149 Å². The largest absolute Gasteiger partial charge is 0.378 e. The number of carbonyl (C=O) groups is 2. The predicted molar refractivity (Wildman–Crippen MR) is 96.1 cm³/mol. The van der Waals surface area contributed by atoms with E-state index >= 15 is 0 Å². The number of rotatable bonds is 5. The molecule has 0 aliphatic carbocycles. The fourth-order valence-corrected chi connectivity index (χ4v) is 3.76. The standard InChI is InChI=1S/C20H28N2O3/c23-19(21-12-14-25-15-13-21)9-10-20(24)22-11-5-4-8-18(22)16-17-6-2-1-3-7-17/h1-3,6-7,18H,4-5,8-16H2. The van der Waals surface area contributed by atoms with E-state index < -0.39 is 0 Å². The molecule has 2 aliphatic heterocycles. The van der Waals surface area contributed by atoms with Crippen molar-refractivity contribution in [1.82, 2.24) is 9.80 Å². The van der Waals surface area contributed by atoms with Gasteiger partial charge in [0.05, 0.1) is 13.2 Å². The van der Waals surface area contributed by atoms with E-state index in [1.54, 1.807) is 0 Å². The summed E-state index contributed by atoms with van der Waals surface area (Å²) >= 11 is 0. The molecule has 2 saturated heterocycles. The first-order valence-corrected chi connectivity index (χ1v) is 9.43. The Morgan fingerprint density at radius 2 is 1.68 bits per heavy atom. The fraction of sp³-hybridized carbons (Fsp3) is 0.600. The van der Waals surface area contributed by atoms with Gasteiger partial charge in [0.15, 0.2) is 0 Å². The Morgan fingerprint density at radius 3 is 2.44 bits per heavy atom. The summed E-state index contributed by atoms with van der Waals surface area (Å²) in [4.78, 5) is 28.8. The molecule has 1 aromatic carbocycles. The smallest absolute Gasteiger partial charge is 0.223 e. The zero-order valence-corrected chi connectivity index (χ0v) is 14.9. The highest BCUT2D eigenvalue weighted by Gasteiger charge is 2.27. The van der Waals surface area contributed by atoms with E-state index in [-0.39, 0.29) is 17.9 Å². The summed E-state index contributed by atoms with van der Waals surface area (Å²) in [6.07, 6.45) is 4.83. The van der Waals surface area contributed by atoms with Crippen molar-refractivity contribution in [3.8, 4) is 0 Å². The van der Waals surface area contributed by atoms with Gasteiger partial charge in [-0.15, -0.1) is 0 Å². The second kappa shape index (κ2) is 8.99. The monoisotopic (exact) mass is 344 g/mol. The van der Waals surface area contributed by atoms with Crippen molar-refractivity contribution in [2.24, 2.45) is 0 Å². The second-order valence-electron chi connectivity index (χ2n) is 6.92. The first kappa shape index (κ1) is 17.9. The van der Waals surface area contributed by atoms with Gasteiger partial charge in [-0.3, -0.25) is 9.59 Å². The molecule has 1 aromatic rings. The van der Waals surface area contributed by atoms with Crippen LogP contribution in [0.3, 0.4) is 0 Å². The van der Waals surface area contributed by atoms with Gasteiger partial charge in [-0.05, 0) is 31.2 Å². The van der Waals surface area contributed by atoms with E-state index in [4.69, 9.17) is 4.74 Å². The molecule has 2 amide bonds. The number of nitrogens with zero attached hydrogens (tertiary/aromatic N) is 2. The van der Waals surface area contributed by atoms with E-state index in [0.29, 0.717) is 39.1 Å². The average molecular weight is 344 g/mol. The van der Waals surface area contributed by atoms with Crippen LogP contribution in [-0.2, 0) is 20.7 Å². The zero-order chi connectivity index (χ0) is 17.5. The van der Waals surface area contributed by atoms with Crippen LogP contribution < -0.4 is 0 Å². The van der Waals surface area contributed by atoms with Gasteiger partial charge in [-0.25, -0.2) is 0 Å². The molecule has 0 N–H and O–H groups in total. The van der Waals surface area contributed by atoms with E-state index in [2.05, 4.69) is 12.1 Å². The lowest BCUT2D eigenvalue weighted by atomic mass is 9.95. The number of likely N-dealkylation sites (tertiary alicyclic amines) is 1. The summed E-state index contributed by atoms with van der Waals surface area (Å²) in [6.45, 7) is 3.32. The molecule has 0 spiro atoms. The number of amides is 2. The molecule has 136 valence electrons. The maximum Gasteiger partial charge on any atom is 0.223 e. The summed E-state index contributed by atoms with van der Waals surface area (Å²) in [5.74, 6) is 0.204. The minimum Gasteiger partial charge on any atom is -0.378 e. The van der Waals surface area contributed by atoms with Crippen molar-refractivity contribution in [3.63, 3.8) is 0 Å². The highest BCUT2D eigenvalue weighted by atomic mass is 16.5. The number of hydrogen-bond donors (Lipinski definition) is 0. The Morgan fingerprint density at radius 1 is 0.960 bits per heavy atom. The Kier molecular flexibility index (Phi) is 6.45. The Bertz CT molecular complexity index is 570. The van der Waals surface area contributed by atoms with Crippen molar-refractivity contribution in [2.45, 2.75) is 44.6 Å². The predicted octanol–water partition coefficient (Wildman–Crippen LogP) is 2.25. The molecule has 2 heterocycles. The third-order valence-corrected chi connectivity index (χ3v) is 5.18. The summed E-state index contributed by atoms with van der Waals surface area (Å²) < 4.78 is 5.27. The first-order chi connectivity index (χ1) is 12.2. The van der Waals surface area contributed by atoms with E-state index in [1.807, 2.05) is 28.0 Å². The summed E-state index contributed by atoms with van der Waals surface area (Å²) in [5, 5.41) is 0. The van der Waals surface area contributed by atoms with Gasteiger partial charge in [0.2, 0.25) is 11.8 Å². The molecule has 0 aromatic heterocycles. The molecule has 1 atom stereocenters. The van der Waals surface area contributed by atoms with Crippen molar-refractivity contribution < 1.29 is 14.3 Å². The van der Waals surface area contributed by atoms with E-state index in [1.165, 1.54) is 12.0 Å². The van der Waals surface area contributed by atoms with Crippen LogP contribution in [0.2, 0.25) is 0 Å². The Balaban J connectivity index is 1.52. The fourth-order valence-electron chi connectivity index (χ4n) is 3.76. The molecular formula is C20H28N2O3. The molecule has 5 heteroatoms. The maximum absolute atomic E-state index is 12.7. The van der Waals surface area contributed by atoms with E-state index in [0.717, 1.165) is 25.8 Å². The molecule has 3 rings (SSSR count). The minimum atomic E-state index is 0.0771. The van der Waals surface area contributed by atoms with Crippen molar-refractivity contribution in [3.05, 3.63) is 35.9 Å². The number of carbonyl (C=O) groups excluding carboxylic acids is 2. The number of benzene rings is 1. The van der Waals surface area contributed by atoms with Crippen LogP contribution in [0, 0.1) is 0 Å². The highest BCUT2D eigenvalue weighted by molar-refractivity contribution is 5.84. The number of morpholine rings is 1. The highest BCUT2D eigenvalue weighted by Crippen LogP contribution is 2.22. The van der Waals surface area contributed by atoms with Gasteiger partial charge >= 0.3 is 0 Å². The summed E-state index contributed by atoms with van der Waals surface area (Å²) in [7, 11) is 0.